The Hall–Kier alpha value is -2.03. The maximum absolute atomic E-state index is 10.9. The molecule has 94 valence electrons. The standard InChI is InChI=1S/C13H7ClN2O2S/c14-10-4-1-2-6-13(10)19-12-7-3-5-11(16(17)18)9(12)8-15/h1-7H. The van der Waals surface area contributed by atoms with Crippen molar-refractivity contribution in [1.82, 2.24) is 0 Å². The highest BCUT2D eigenvalue weighted by atomic mass is 35.5. The molecule has 0 bridgehead atoms. The minimum Gasteiger partial charge on any atom is -0.258 e. The van der Waals surface area contributed by atoms with E-state index >= 15 is 0 Å². The number of rotatable bonds is 3. The van der Waals surface area contributed by atoms with E-state index in [1.807, 2.05) is 12.1 Å². The lowest BCUT2D eigenvalue weighted by molar-refractivity contribution is -0.385. The van der Waals surface area contributed by atoms with E-state index in [1.54, 1.807) is 30.3 Å². The summed E-state index contributed by atoms with van der Waals surface area (Å²) in [6.45, 7) is 0. The van der Waals surface area contributed by atoms with Crippen molar-refractivity contribution < 1.29 is 4.92 Å². The van der Waals surface area contributed by atoms with Crippen LogP contribution in [0, 0.1) is 21.4 Å². The molecule has 0 atom stereocenters. The van der Waals surface area contributed by atoms with Crippen LogP contribution in [0.3, 0.4) is 0 Å². The Kier molecular flexibility index (Phi) is 4.05. The van der Waals surface area contributed by atoms with Gasteiger partial charge in [0, 0.05) is 15.9 Å². The summed E-state index contributed by atoms with van der Waals surface area (Å²) in [6.07, 6.45) is 0. The fraction of sp³-hybridized carbons (Fsp3) is 0. The zero-order valence-corrected chi connectivity index (χ0v) is 11.1. The molecule has 2 aromatic carbocycles. The number of nitro groups is 1. The summed E-state index contributed by atoms with van der Waals surface area (Å²) in [6, 6.07) is 13.6. The van der Waals surface area contributed by atoms with Gasteiger partial charge in [-0.3, -0.25) is 10.1 Å². The number of nitrogens with zero attached hydrogens (tertiary/aromatic N) is 2. The highest BCUT2D eigenvalue weighted by molar-refractivity contribution is 7.99. The first kappa shape index (κ1) is 13.4. The molecule has 0 fully saturated rings. The molecule has 0 saturated heterocycles. The molecule has 0 spiro atoms. The average molecular weight is 291 g/mol. The van der Waals surface area contributed by atoms with Crippen LogP contribution in [0.15, 0.2) is 52.3 Å². The van der Waals surface area contributed by atoms with Gasteiger partial charge in [0.2, 0.25) is 0 Å². The van der Waals surface area contributed by atoms with Gasteiger partial charge in [0.15, 0.2) is 0 Å². The first-order chi connectivity index (χ1) is 9.13. The van der Waals surface area contributed by atoms with Crippen molar-refractivity contribution in [2.45, 2.75) is 9.79 Å². The summed E-state index contributed by atoms with van der Waals surface area (Å²) in [5.41, 5.74) is -0.142. The minimum absolute atomic E-state index is 0.0532. The lowest BCUT2D eigenvalue weighted by atomic mass is 10.2. The second-order valence-electron chi connectivity index (χ2n) is 3.55. The van der Waals surface area contributed by atoms with E-state index < -0.39 is 4.92 Å². The smallest absolute Gasteiger partial charge is 0.258 e. The van der Waals surface area contributed by atoms with Gasteiger partial charge in [-0.1, -0.05) is 41.6 Å². The Morgan fingerprint density at radius 2 is 1.84 bits per heavy atom. The fourth-order valence-electron chi connectivity index (χ4n) is 1.52. The second-order valence-corrected chi connectivity index (χ2v) is 5.04. The van der Waals surface area contributed by atoms with Gasteiger partial charge < -0.3 is 0 Å². The molecular weight excluding hydrogens is 284 g/mol. The normalized spacial score (nSPS) is 9.89. The molecule has 0 heterocycles. The van der Waals surface area contributed by atoms with Crippen molar-refractivity contribution in [2.75, 3.05) is 0 Å². The molecular formula is C13H7ClN2O2S. The number of hydrogen-bond acceptors (Lipinski definition) is 4. The summed E-state index contributed by atoms with van der Waals surface area (Å²) in [5, 5.41) is 20.5. The van der Waals surface area contributed by atoms with Gasteiger partial charge in [-0.25, -0.2) is 0 Å². The largest absolute Gasteiger partial charge is 0.288 e. The summed E-state index contributed by atoms with van der Waals surface area (Å²) in [4.78, 5) is 11.6. The van der Waals surface area contributed by atoms with Crippen LogP contribution in [0.1, 0.15) is 5.56 Å². The van der Waals surface area contributed by atoms with E-state index in [1.165, 1.54) is 17.8 Å². The van der Waals surface area contributed by atoms with Crippen LogP contribution >= 0.6 is 23.4 Å². The summed E-state index contributed by atoms with van der Waals surface area (Å²) >= 11 is 7.27. The lowest BCUT2D eigenvalue weighted by Gasteiger charge is -2.05. The van der Waals surface area contributed by atoms with Crippen LogP contribution in [-0.2, 0) is 0 Å². The SMILES string of the molecule is N#Cc1c(Sc2ccccc2Cl)cccc1[N+](=O)[O-]. The number of hydrogen-bond donors (Lipinski definition) is 0. The van der Waals surface area contributed by atoms with Crippen molar-refractivity contribution in [3.8, 4) is 6.07 Å². The molecule has 0 saturated carbocycles. The number of nitriles is 1. The molecule has 0 amide bonds. The predicted octanol–water partition coefficient (Wildman–Crippen LogP) is 4.27. The Morgan fingerprint density at radius 1 is 1.16 bits per heavy atom. The van der Waals surface area contributed by atoms with E-state index in [9.17, 15) is 10.1 Å². The van der Waals surface area contributed by atoms with Crippen LogP contribution in [-0.4, -0.2) is 4.92 Å². The van der Waals surface area contributed by atoms with Crippen LogP contribution in [0.5, 0.6) is 0 Å². The average Bonchev–Trinajstić information content (AvgIpc) is 2.41. The molecule has 0 aromatic heterocycles. The number of halogens is 1. The number of benzene rings is 2. The van der Waals surface area contributed by atoms with E-state index in [2.05, 4.69) is 0 Å². The van der Waals surface area contributed by atoms with E-state index in [0.717, 1.165) is 4.90 Å². The third kappa shape index (κ3) is 2.87. The third-order valence-corrected chi connectivity index (χ3v) is 3.95. The monoisotopic (exact) mass is 290 g/mol. The van der Waals surface area contributed by atoms with Crippen LogP contribution in [0.2, 0.25) is 5.02 Å². The van der Waals surface area contributed by atoms with Gasteiger partial charge in [-0.05, 0) is 18.2 Å². The highest BCUT2D eigenvalue weighted by Gasteiger charge is 2.18. The van der Waals surface area contributed by atoms with Crippen molar-refractivity contribution in [2.24, 2.45) is 0 Å². The Labute approximate surface area is 118 Å². The topological polar surface area (TPSA) is 66.9 Å². The minimum atomic E-state index is -0.560. The fourth-order valence-corrected chi connectivity index (χ4v) is 2.71. The Bertz CT molecular complexity index is 683. The summed E-state index contributed by atoms with van der Waals surface area (Å²) < 4.78 is 0. The second kappa shape index (κ2) is 5.74. The summed E-state index contributed by atoms with van der Waals surface area (Å²) in [5.74, 6) is 0. The molecule has 6 heteroatoms. The molecule has 0 aliphatic carbocycles. The highest BCUT2D eigenvalue weighted by Crippen LogP contribution is 2.37. The quantitative estimate of drug-likeness (QED) is 0.625. The molecule has 0 aliphatic heterocycles. The van der Waals surface area contributed by atoms with Gasteiger partial charge in [-0.15, -0.1) is 0 Å². The van der Waals surface area contributed by atoms with Gasteiger partial charge in [0.05, 0.1) is 9.95 Å². The molecule has 0 aliphatic rings. The zero-order valence-electron chi connectivity index (χ0n) is 9.54. The van der Waals surface area contributed by atoms with E-state index in [-0.39, 0.29) is 11.3 Å². The molecule has 19 heavy (non-hydrogen) atoms. The maximum Gasteiger partial charge on any atom is 0.288 e. The third-order valence-electron chi connectivity index (χ3n) is 2.37. The molecule has 2 aromatic rings. The molecule has 0 radical (unpaired) electrons. The van der Waals surface area contributed by atoms with Crippen LogP contribution in [0.25, 0.3) is 0 Å². The van der Waals surface area contributed by atoms with Gasteiger partial charge in [-0.2, -0.15) is 5.26 Å². The van der Waals surface area contributed by atoms with Crippen molar-refractivity contribution >= 4 is 29.1 Å². The molecule has 0 N–H and O–H groups in total. The molecule has 0 unspecified atom stereocenters. The van der Waals surface area contributed by atoms with Crippen molar-refractivity contribution in [1.29, 1.82) is 5.26 Å². The first-order valence-corrected chi connectivity index (χ1v) is 6.43. The Balaban J connectivity index is 2.47. The first-order valence-electron chi connectivity index (χ1n) is 5.23. The van der Waals surface area contributed by atoms with Crippen LogP contribution in [0.4, 0.5) is 5.69 Å². The predicted molar refractivity (Wildman–Crippen MR) is 73.4 cm³/mol. The van der Waals surface area contributed by atoms with Crippen molar-refractivity contribution in [3.63, 3.8) is 0 Å². The van der Waals surface area contributed by atoms with Gasteiger partial charge in [0.25, 0.3) is 5.69 Å². The summed E-state index contributed by atoms with van der Waals surface area (Å²) in [7, 11) is 0. The van der Waals surface area contributed by atoms with Gasteiger partial charge >= 0.3 is 0 Å². The number of nitro benzene ring substituents is 1. The zero-order chi connectivity index (χ0) is 13.8. The lowest BCUT2D eigenvalue weighted by Crippen LogP contribution is -1.93. The van der Waals surface area contributed by atoms with E-state index in [0.29, 0.717) is 9.92 Å². The van der Waals surface area contributed by atoms with Gasteiger partial charge in [0.1, 0.15) is 11.6 Å². The Morgan fingerprint density at radius 3 is 2.47 bits per heavy atom. The molecule has 4 nitrogen and oxygen atoms in total. The van der Waals surface area contributed by atoms with E-state index in [4.69, 9.17) is 16.9 Å². The molecule has 2 rings (SSSR count). The maximum atomic E-state index is 10.9. The van der Waals surface area contributed by atoms with Crippen molar-refractivity contribution in [3.05, 3.63) is 63.2 Å². The van der Waals surface area contributed by atoms with Crippen LogP contribution < -0.4 is 0 Å².